The van der Waals surface area contributed by atoms with Crippen LogP contribution < -0.4 is 5.56 Å². The molecule has 1 aliphatic heterocycles. The van der Waals surface area contributed by atoms with Gasteiger partial charge < -0.3 is 25.2 Å². The lowest BCUT2D eigenvalue weighted by Gasteiger charge is -2.20. The van der Waals surface area contributed by atoms with Crippen LogP contribution in [-0.2, 0) is 10.2 Å². The Morgan fingerprint density at radius 2 is 1.70 bits per heavy atom. The highest BCUT2D eigenvalue weighted by Crippen LogP contribution is 2.32. The molecule has 2 aromatic rings. The normalized spacial score (nSPS) is 25.7. The first-order valence-electron chi connectivity index (χ1n) is 8.82. The lowest BCUT2D eigenvalue weighted by Crippen LogP contribution is -2.35. The van der Waals surface area contributed by atoms with E-state index < -0.39 is 36.7 Å². The molecule has 1 aromatic carbocycles. The van der Waals surface area contributed by atoms with Crippen molar-refractivity contribution in [1.82, 2.24) is 4.57 Å². The molecule has 0 saturated carbocycles. The number of hydrogen-bond donors (Lipinski definition) is 4. The number of aromatic nitrogens is 1. The van der Waals surface area contributed by atoms with Crippen LogP contribution in [0.1, 0.15) is 32.6 Å². The lowest BCUT2D eigenvalue weighted by molar-refractivity contribution is -0.0543. The van der Waals surface area contributed by atoms with Crippen molar-refractivity contribution in [1.29, 1.82) is 0 Å². The third-order valence-electron chi connectivity index (χ3n) is 4.93. The average molecular weight is 375 g/mol. The first-order chi connectivity index (χ1) is 12.6. The number of aromatic hydroxyl groups is 1. The Morgan fingerprint density at radius 3 is 2.22 bits per heavy atom. The molecule has 1 fully saturated rings. The first-order valence-corrected chi connectivity index (χ1v) is 8.82. The van der Waals surface area contributed by atoms with E-state index >= 15 is 0 Å². The molecule has 1 saturated heterocycles. The van der Waals surface area contributed by atoms with Crippen molar-refractivity contribution in [3.63, 3.8) is 0 Å². The molecule has 1 aliphatic rings. The van der Waals surface area contributed by atoms with E-state index in [0.717, 1.165) is 10.1 Å². The number of nitrogens with zero attached hydrogens (tertiary/aromatic N) is 1. The van der Waals surface area contributed by atoms with Crippen LogP contribution in [0.4, 0.5) is 0 Å². The molecule has 27 heavy (non-hydrogen) atoms. The zero-order chi connectivity index (χ0) is 19.9. The Balaban J connectivity index is 2.04. The van der Waals surface area contributed by atoms with Gasteiger partial charge in [0, 0.05) is 6.20 Å². The number of aliphatic hydroxyl groups excluding tert-OH is 3. The van der Waals surface area contributed by atoms with E-state index in [4.69, 9.17) is 4.74 Å². The molecule has 7 heteroatoms. The molecular formula is C20H25NO6. The number of pyridine rings is 1. The van der Waals surface area contributed by atoms with Gasteiger partial charge in [0.2, 0.25) is 0 Å². The van der Waals surface area contributed by atoms with E-state index in [2.05, 4.69) is 20.8 Å². The summed E-state index contributed by atoms with van der Waals surface area (Å²) in [5.74, 6) is -0.188. The van der Waals surface area contributed by atoms with Crippen molar-refractivity contribution in [2.75, 3.05) is 6.61 Å². The summed E-state index contributed by atoms with van der Waals surface area (Å²) in [7, 11) is 0. The van der Waals surface area contributed by atoms with E-state index in [1.165, 1.54) is 12.3 Å². The minimum absolute atomic E-state index is 0.0469. The number of hydrogen-bond acceptors (Lipinski definition) is 6. The van der Waals surface area contributed by atoms with E-state index in [-0.39, 0.29) is 16.7 Å². The molecule has 3 rings (SSSR count). The quantitative estimate of drug-likeness (QED) is 0.640. The minimum Gasteiger partial charge on any atom is -0.507 e. The summed E-state index contributed by atoms with van der Waals surface area (Å²) in [4.78, 5) is 13.0. The third-order valence-corrected chi connectivity index (χ3v) is 4.93. The first kappa shape index (κ1) is 19.6. The maximum Gasteiger partial charge on any atom is 0.264 e. The maximum atomic E-state index is 13.0. The number of benzene rings is 1. The van der Waals surface area contributed by atoms with Gasteiger partial charge in [-0.2, -0.15) is 0 Å². The van der Waals surface area contributed by atoms with Gasteiger partial charge in [0.15, 0.2) is 6.23 Å². The Bertz CT molecular complexity index is 868. The fourth-order valence-corrected chi connectivity index (χ4v) is 3.26. The predicted octanol–water partition coefficient (Wildman–Crippen LogP) is 1.13. The van der Waals surface area contributed by atoms with Gasteiger partial charge in [0.1, 0.15) is 24.1 Å². The van der Waals surface area contributed by atoms with Crippen molar-refractivity contribution >= 4 is 0 Å². The Morgan fingerprint density at radius 1 is 1.07 bits per heavy atom. The predicted molar refractivity (Wildman–Crippen MR) is 99.5 cm³/mol. The molecule has 0 bridgehead atoms. The standard InChI is InChI=1S/C20H25NO6/c1-20(2,3)12-6-4-11(5-7-12)15-13(23)8-9-21(18(15)26)19-17(25)16(24)14(10-22)27-19/h4-9,14,16-17,19,22-25H,10H2,1-3H3/t14-,16-,17-,19-/m1/s1. The fraction of sp³-hybridized carbons (Fsp3) is 0.450. The van der Waals surface area contributed by atoms with Gasteiger partial charge in [-0.1, -0.05) is 45.0 Å². The number of rotatable bonds is 3. The van der Waals surface area contributed by atoms with Crippen LogP contribution >= 0.6 is 0 Å². The Kier molecular flexibility index (Phi) is 5.14. The molecule has 0 radical (unpaired) electrons. The van der Waals surface area contributed by atoms with Gasteiger partial charge in [-0.25, -0.2) is 0 Å². The molecule has 4 atom stereocenters. The largest absolute Gasteiger partial charge is 0.507 e. The monoisotopic (exact) mass is 375 g/mol. The van der Waals surface area contributed by atoms with Gasteiger partial charge >= 0.3 is 0 Å². The fourth-order valence-electron chi connectivity index (χ4n) is 3.26. The van der Waals surface area contributed by atoms with Crippen molar-refractivity contribution in [2.45, 2.75) is 50.7 Å². The van der Waals surface area contributed by atoms with Crippen molar-refractivity contribution in [3.8, 4) is 16.9 Å². The summed E-state index contributed by atoms with van der Waals surface area (Å²) in [6, 6.07) is 8.66. The van der Waals surface area contributed by atoms with Gasteiger partial charge in [-0.15, -0.1) is 0 Å². The summed E-state index contributed by atoms with van der Waals surface area (Å²) in [5, 5.41) is 39.6. The minimum atomic E-state index is -1.37. The highest BCUT2D eigenvalue weighted by molar-refractivity contribution is 5.69. The van der Waals surface area contributed by atoms with E-state index in [9.17, 15) is 25.2 Å². The summed E-state index contributed by atoms with van der Waals surface area (Å²) in [6.07, 6.45) is -3.53. The second-order valence-corrected chi connectivity index (χ2v) is 7.84. The molecule has 0 aliphatic carbocycles. The van der Waals surface area contributed by atoms with Crippen LogP contribution in [0.5, 0.6) is 5.75 Å². The SMILES string of the molecule is CC(C)(C)c1ccc(-c2c(O)ccn([C@@H]3O[C@H](CO)[C@@H](O)[C@H]3O)c2=O)cc1. The van der Waals surface area contributed by atoms with E-state index in [0.29, 0.717) is 5.56 Å². The van der Waals surface area contributed by atoms with Gasteiger partial charge in [0.25, 0.3) is 5.56 Å². The summed E-state index contributed by atoms with van der Waals surface area (Å²) < 4.78 is 6.55. The summed E-state index contributed by atoms with van der Waals surface area (Å²) >= 11 is 0. The second-order valence-electron chi connectivity index (χ2n) is 7.84. The molecule has 7 nitrogen and oxygen atoms in total. The van der Waals surface area contributed by atoms with E-state index in [1.807, 2.05) is 12.1 Å². The third kappa shape index (κ3) is 3.51. The van der Waals surface area contributed by atoms with E-state index in [1.54, 1.807) is 12.1 Å². The molecule has 4 N–H and O–H groups in total. The second kappa shape index (κ2) is 7.09. The zero-order valence-electron chi connectivity index (χ0n) is 15.5. The zero-order valence-corrected chi connectivity index (χ0v) is 15.5. The molecular weight excluding hydrogens is 350 g/mol. The van der Waals surface area contributed by atoms with Crippen LogP contribution in [0.25, 0.3) is 11.1 Å². The van der Waals surface area contributed by atoms with Crippen molar-refractivity contribution < 1.29 is 25.2 Å². The van der Waals surface area contributed by atoms with Crippen LogP contribution in [0.15, 0.2) is 41.3 Å². The maximum absolute atomic E-state index is 13.0. The number of aliphatic hydroxyl groups is 3. The average Bonchev–Trinajstić information content (AvgIpc) is 2.90. The Hall–Kier alpha value is -2.19. The smallest absolute Gasteiger partial charge is 0.264 e. The van der Waals surface area contributed by atoms with Gasteiger partial charge in [0.05, 0.1) is 12.2 Å². The van der Waals surface area contributed by atoms with Gasteiger partial charge in [-0.3, -0.25) is 9.36 Å². The van der Waals surface area contributed by atoms with Crippen LogP contribution in [0.3, 0.4) is 0 Å². The molecule has 0 unspecified atom stereocenters. The van der Waals surface area contributed by atoms with Crippen molar-refractivity contribution in [2.24, 2.45) is 0 Å². The summed E-state index contributed by atoms with van der Waals surface area (Å²) in [5.41, 5.74) is 1.09. The van der Waals surface area contributed by atoms with Crippen molar-refractivity contribution in [3.05, 3.63) is 52.4 Å². The lowest BCUT2D eigenvalue weighted by atomic mass is 9.86. The molecule has 1 aromatic heterocycles. The molecule has 2 heterocycles. The Labute approximate surface area is 157 Å². The topological polar surface area (TPSA) is 112 Å². The molecule has 146 valence electrons. The van der Waals surface area contributed by atoms with Crippen LogP contribution in [-0.4, -0.2) is 49.9 Å². The van der Waals surface area contributed by atoms with Crippen LogP contribution in [0.2, 0.25) is 0 Å². The van der Waals surface area contributed by atoms with Crippen LogP contribution in [0, 0.1) is 0 Å². The highest BCUT2D eigenvalue weighted by Gasteiger charge is 2.43. The van der Waals surface area contributed by atoms with Gasteiger partial charge in [-0.05, 0) is 22.6 Å². The highest BCUT2D eigenvalue weighted by atomic mass is 16.6. The molecule has 0 amide bonds. The molecule has 0 spiro atoms. The summed E-state index contributed by atoms with van der Waals surface area (Å²) in [6.45, 7) is 5.76. The number of ether oxygens (including phenoxy) is 1.